The molecule has 4 aromatic rings. The summed E-state index contributed by atoms with van der Waals surface area (Å²) < 4.78 is 27.1. The van der Waals surface area contributed by atoms with Crippen molar-refractivity contribution in [1.29, 1.82) is 0 Å². The third kappa shape index (κ3) is 5.14. The Hall–Kier alpha value is -4.47. The molecule has 1 heterocycles. The van der Waals surface area contributed by atoms with Crippen LogP contribution in [0.1, 0.15) is 31.2 Å². The minimum absolute atomic E-state index is 0.0642. The Morgan fingerprint density at radius 3 is 2.51 bits per heavy atom. The Morgan fingerprint density at radius 1 is 1.03 bits per heavy atom. The number of benzene rings is 3. The number of anilines is 1. The van der Waals surface area contributed by atoms with Crippen molar-refractivity contribution in [2.45, 2.75) is 44.3 Å². The van der Waals surface area contributed by atoms with Gasteiger partial charge in [0.15, 0.2) is 0 Å². The number of hydrogen-bond donors (Lipinski definition) is 1. The summed E-state index contributed by atoms with van der Waals surface area (Å²) in [6, 6.07) is 18.7. The van der Waals surface area contributed by atoms with E-state index >= 15 is 0 Å². The van der Waals surface area contributed by atoms with Crippen molar-refractivity contribution < 1.29 is 23.5 Å². The minimum Gasteiger partial charge on any atom is -0.497 e. The van der Waals surface area contributed by atoms with Gasteiger partial charge < -0.3 is 19.7 Å². The molecule has 1 aromatic heterocycles. The fourth-order valence-corrected chi connectivity index (χ4v) is 5.24. The van der Waals surface area contributed by atoms with E-state index in [1.807, 2.05) is 24.3 Å². The Balaban J connectivity index is 1.52. The van der Waals surface area contributed by atoms with E-state index in [2.05, 4.69) is 15.6 Å². The maximum absolute atomic E-state index is 14.8. The molecule has 0 spiro atoms. The molecule has 0 unspecified atom stereocenters. The summed E-state index contributed by atoms with van der Waals surface area (Å²) in [7, 11) is 3.05. The number of amides is 2. The van der Waals surface area contributed by atoms with Crippen LogP contribution in [0.2, 0.25) is 0 Å². The maximum Gasteiger partial charge on any atom is 0.250 e. The number of ether oxygens (including phenoxy) is 2. The largest absolute Gasteiger partial charge is 0.497 e. The van der Waals surface area contributed by atoms with E-state index in [1.165, 1.54) is 22.8 Å². The van der Waals surface area contributed by atoms with Crippen LogP contribution in [-0.4, -0.2) is 51.5 Å². The van der Waals surface area contributed by atoms with Crippen LogP contribution in [0.3, 0.4) is 0 Å². The number of hydrogen-bond acceptors (Lipinski definition) is 6. The van der Waals surface area contributed by atoms with E-state index < -0.39 is 11.4 Å². The number of nitrogens with one attached hydrogen (secondary N) is 1. The van der Waals surface area contributed by atoms with Crippen molar-refractivity contribution in [1.82, 2.24) is 19.9 Å². The van der Waals surface area contributed by atoms with Crippen molar-refractivity contribution in [3.05, 3.63) is 78.1 Å². The van der Waals surface area contributed by atoms with Gasteiger partial charge in [-0.25, -0.2) is 9.07 Å². The molecule has 1 aliphatic rings. The number of rotatable bonds is 9. The molecule has 9 nitrogen and oxygen atoms in total. The maximum atomic E-state index is 14.8. The van der Waals surface area contributed by atoms with Gasteiger partial charge in [-0.05, 0) is 43.2 Å². The van der Waals surface area contributed by atoms with Crippen LogP contribution in [0.15, 0.2) is 66.7 Å². The first kappa shape index (κ1) is 26.1. The smallest absolute Gasteiger partial charge is 0.250 e. The van der Waals surface area contributed by atoms with Gasteiger partial charge in [0.1, 0.15) is 34.9 Å². The molecular formula is C29H30FN5O4. The summed E-state index contributed by atoms with van der Waals surface area (Å²) >= 11 is 0. The summed E-state index contributed by atoms with van der Waals surface area (Å²) in [6.45, 7) is -0.207. The first-order valence-electron chi connectivity index (χ1n) is 12.8. The van der Waals surface area contributed by atoms with E-state index in [-0.39, 0.29) is 24.9 Å². The molecule has 39 heavy (non-hydrogen) atoms. The standard InChI is InChI=1S/C29H30FN5O4/c1-38-21-13-14-24(26(17-21)39-2)31-28(37)29(15-7-8-16-29)34(18-20-9-3-4-10-22(20)30)27(36)19-35-25-12-6-5-11-23(25)32-33-35/h3-6,9-14,17H,7-8,15-16,18-19H2,1-2H3,(H,31,37). The normalized spacial score (nSPS) is 14.2. The number of carbonyl (C=O) groups is 2. The van der Waals surface area contributed by atoms with Crippen molar-refractivity contribution in [2.75, 3.05) is 19.5 Å². The lowest BCUT2D eigenvalue weighted by Gasteiger charge is -2.40. The summed E-state index contributed by atoms with van der Waals surface area (Å²) in [5.74, 6) is -0.134. The number of fused-ring (bicyclic) bond motifs is 1. The summed E-state index contributed by atoms with van der Waals surface area (Å²) in [6.07, 6.45) is 2.38. The quantitative estimate of drug-likeness (QED) is 0.340. The average Bonchev–Trinajstić information content (AvgIpc) is 3.61. The van der Waals surface area contributed by atoms with E-state index in [0.717, 1.165) is 12.8 Å². The van der Waals surface area contributed by atoms with Gasteiger partial charge >= 0.3 is 0 Å². The second-order valence-corrected chi connectivity index (χ2v) is 9.57. The zero-order valence-corrected chi connectivity index (χ0v) is 21.9. The highest BCUT2D eigenvalue weighted by molar-refractivity contribution is 6.01. The van der Waals surface area contributed by atoms with Crippen molar-refractivity contribution in [2.24, 2.45) is 0 Å². The molecule has 10 heteroatoms. The third-order valence-corrected chi connectivity index (χ3v) is 7.32. The summed E-state index contributed by atoms with van der Waals surface area (Å²) in [4.78, 5) is 29.6. The molecule has 5 rings (SSSR count). The van der Waals surface area contributed by atoms with Crippen LogP contribution >= 0.6 is 0 Å². The number of nitrogens with zero attached hydrogens (tertiary/aromatic N) is 4. The van der Waals surface area contributed by atoms with E-state index in [9.17, 15) is 14.0 Å². The number of halogens is 1. The van der Waals surface area contributed by atoms with Crippen molar-refractivity contribution in [3.63, 3.8) is 0 Å². The molecular weight excluding hydrogens is 501 g/mol. The average molecular weight is 532 g/mol. The van der Waals surface area contributed by atoms with Gasteiger partial charge in [0.05, 0.1) is 25.4 Å². The molecule has 3 aromatic carbocycles. The van der Waals surface area contributed by atoms with Crippen LogP contribution in [0, 0.1) is 5.82 Å². The highest BCUT2D eigenvalue weighted by atomic mass is 19.1. The number of methoxy groups -OCH3 is 2. The Labute approximate surface area is 225 Å². The Kier molecular flexibility index (Phi) is 7.44. The van der Waals surface area contributed by atoms with E-state index in [0.29, 0.717) is 46.6 Å². The van der Waals surface area contributed by atoms with E-state index in [4.69, 9.17) is 9.47 Å². The lowest BCUT2D eigenvalue weighted by molar-refractivity contribution is -0.147. The van der Waals surface area contributed by atoms with E-state index in [1.54, 1.807) is 43.5 Å². The number of carbonyl (C=O) groups excluding carboxylic acids is 2. The predicted octanol–water partition coefficient (Wildman–Crippen LogP) is 4.57. The molecule has 0 radical (unpaired) electrons. The zero-order valence-electron chi connectivity index (χ0n) is 21.9. The van der Waals surface area contributed by atoms with Gasteiger partial charge in [-0.15, -0.1) is 5.10 Å². The lowest BCUT2D eigenvalue weighted by atomic mass is 9.92. The first-order valence-corrected chi connectivity index (χ1v) is 12.8. The second-order valence-electron chi connectivity index (χ2n) is 9.57. The number of para-hydroxylation sites is 1. The van der Waals surface area contributed by atoms with Gasteiger partial charge in [-0.3, -0.25) is 9.59 Å². The van der Waals surface area contributed by atoms with Crippen LogP contribution in [-0.2, 0) is 22.7 Å². The highest BCUT2D eigenvalue weighted by Crippen LogP contribution is 2.39. The Bertz CT molecular complexity index is 1500. The second kappa shape index (κ2) is 11.1. The van der Waals surface area contributed by atoms with Crippen LogP contribution in [0.4, 0.5) is 10.1 Å². The van der Waals surface area contributed by atoms with Crippen LogP contribution in [0.5, 0.6) is 11.5 Å². The molecule has 1 aliphatic carbocycles. The van der Waals surface area contributed by atoms with Gasteiger partial charge in [0, 0.05) is 18.2 Å². The first-order chi connectivity index (χ1) is 18.9. The van der Waals surface area contributed by atoms with Crippen molar-refractivity contribution >= 4 is 28.5 Å². The molecule has 2 amide bonds. The fraction of sp³-hybridized carbons (Fsp3) is 0.310. The SMILES string of the molecule is COc1ccc(NC(=O)C2(N(Cc3ccccc3F)C(=O)Cn3nnc4ccccc43)CCCC2)c(OC)c1. The lowest BCUT2D eigenvalue weighted by Crippen LogP contribution is -2.58. The van der Waals surface area contributed by atoms with Crippen molar-refractivity contribution in [3.8, 4) is 11.5 Å². The molecule has 1 N–H and O–H groups in total. The molecule has 0 atom stereocenters. The topological polar surface area (TPSA) is 98.6 Å². The monoisotopic (exact) mass is 531 g/mol. The van der Waals surface area contributed by atoms with Gasteiger partial charge in [0.2, 0.25) is 11.8 Å². The fourth-order valence-electron chi connectivity index (χ4n) is 5.24. The molecule has 0 saturated heterocycles. The molecule has 0 bridgehead atoms. The predicted molar refractivity (Wildman–Crippen MR) is 144 cm³/mol. The highest BCUT2D eigenvalue weighted by Gasteiger charge is 2.48. The third-order valence-electron chi connectivity index (χ3n) is 7.32. The minimum atomic E-state index is -1.19. The molecule has 202 valence electrons. The molecule has 1 fully saturated rings. The van der Waals surface area contributed by atoms with Gasteiger partial charge in [-0.2, -0.15) is 0 Å². The summed E-state index contributed by atoms with van der Waals surface area (Å²) in [5, 5.41) is 11.3. The van der Waals surface area contributed by atoms with Crippen LogP contribution in [0.25, 0.3) is 11.0 Å². The summed E-state index contributed by atoms with van der Waals surface area (Å²) in [5.41, 5.74) is 0.946. The molecule has 0 aliphatic heterocycles. The van der Waals surface area contributed by atoms with Gasteiger partial charge in [-0.1, -0.05) is 48.4 Å². The zero-order chi connectivity index (χ0) is 27.4. The van der Waals surface area contributed by atoms with Crippen LogP contribution < -0.4 is 14.8 Å². The number of aromatic nitrogens is 3. The Morgan fingerprint density at radius 2 is 1.77 bits per heavy atom. The van der Waals surface area contributed by atoms with Gasteiger partial charge in [0.25, 0.3) is 0 Å². The molecule has 1 saturated carbocycles.